The van der Waals surface area contributed by atoms with Crippen molar-refractivity contribution in [3.63, 3.8) is 0 Å². The molecule has 100 valence electrons. The van der Waals surface area contributed by atoms with Gasteiger partial charge in [0.2, 0.25) is 0 Å². The molecule has 5 heteroatoms. The zero-order valence-electron chi connectivity index (χ0n) is 11.1. The van der Waals surface area contributed by atoms with Gasteiger partial charge in [0.1, 0.15) is 5.82 Å². The molecule has 0 atom stereocenters. The predicted octanol–water partition coefficient (Wildman–Crippen LogP) is 2.77. The standard InChI is InChI=1S/C15H14N4O/c1-2-10-9-17-19-14(10)18-15(20)12-5-3-7-13-11(12)6-4-8-16-13/h3-9H,2H2,1H3,(H2,17,18,19,20). The summed E-state index contributed by atoms with van der Waals surface area (Å²) in [6.07, 6.45) is 4.25. The number of benzene rings is 1. The molecule has 0 aliphatic heterocycles. The van der Waals surface area contributed by atoms with Crippen LogP contribution in [-0.4, -0.2) is 21.1 Å². The van der Waals surface area contributed by atoms with Gasteiger partial charge in [0.05, 0.1) is 11.7 Å². The van der Waals surface area contributed by atoms with Crippen LogP contribution in [-0.2, 0) is 6.42 Å². The van der Waals surface area contributed by atoms with E-state index in [1.54, 1.807) is 18.5 Å². The normalized spacial score (nSPS) is 10.7. The quantitative estimate of drug-likeness (QED) is 0.765. The largest absolute Gasteiger partial charge is 0.307 e. The van der Waals surface area contributed by atoms with Crippen LogP contribution in [0.2, 0.25) is 0 Å². The number of amides is 1. The number of hydrogen-bond acceptors (Lipinski definition) is 3. The number of nitrogens with one attached hydrogen (secondary N) is 2. The van der Waals surface area contributed by atoms with Crippen LogP contribution >= 0.6 is 0 Å². The number of pyridine rings is 1. The van der Waals surface area contributed by atoms with Gasteiger partial charge in [0.15, 0.2) is 0 Å². The topological polar surface area (TPSA) is 70.7 Å². The Morgan fingerprint density at radius 1 is 1.30 bits per heavy atom. The van der Waals surface area contributed by atoms with Crippen molar-refractivity contribution in [1.29, 1.82) is 0 Å². The molecule has 0 saturated carbocycles. The van der Waals surface area contributed by atoms with Gasteiger partial charge >= 0.3 is 0 Å². The third-order valence-corrected chi connectivity index (χ3v) is 3.23. The molecule has 2 heterocycles. The first-order valence-corrected chi connectivity index (χ1v) is 6.47. The van der Waals surface area contributed by atoms with Crippen molar-refractivity contribution in [2.75, 3.05) is 5.32 Å². The summed E-state index contributed by atoms with van der Waals surface area (Å²) >= 11 is 0. The minimum absolute atomic E-state index is 0.164. The summed E-state index contributed by atoms with van der Waals surface area (Å²) in [7, 11) is 0. The molecule has 3 rings (SSSR count). The third kappa shape index (κ3) is 2.14. The molecular weight excluding hydrogens is 252 g/mol. The minimum atomic E-state index is -0.164. The number of carbonyl (C=O) groups excluding carboxylic acids is 1. The van der Waals surface area contributed by atoms with E-state index < -0.39 is 0 Å². The molecule has 0 unspecified atom stereocenters. The fraction of sp³-hybridized carbons (Fsp3) is 0.133. The number of H-pyrrole nitrogens is 1. The number of aromatic amines is 1. The highest BCUT2D eigenvalue weighted by molar-refractivity contribution is 6.12. The molecule has 1 aromatic carbocycles. The highest BCUT2D eigenvalue weighted by Gasteiger charge is 2.12. The number of fused-ring (bicyclic) bond motifs is 1. The van der Waals surface area contributed by atoms with Crippen LogP contribution in [0.5, 0.6) is 0 Å². The van der Waals surface area contributed by atoms with Gasteiger partial charge in [-0.3, -0.25) is 14.9 Å². The number of anilines is 1. The summed E-state index contributed by atoms with van der Waals surface area (Å²) in [5.74, 6) is 0.487. The lowest BCUT2D eigenvalue weighted by molar-refractivity contribution is 0.102. The molecule has 0 aliphatic carbocycles. The molecule has 1 amide bonds. The maximum atomic E-state index is 12.4. The second-order valence-electron chi connectivity index (χ2n) is 4.45. The van der Waals surface area contributed by atoms with Crippen LogP contribution in [0.25, 0.3) is 10.9 Å². The van der Waals surface area contributed by atoms with Crippen LogP contribution in [0.3, 0.4) is 0 Å². The van der Waals surface area contributed by atoms with E-state index in [0.29, 0.717) is 11.4 Å². The number of aromatic nitrogens is 3. The van der Waals surface area contributed by atoms with Crippen LogP contribution in [0.15, 0.2) is 42.7 Å². The molecule has 2 aromatic heterocycles. The molecule has 2 N–H and O–H groups in total. The number of carbonyl (C=O) groups is 1. The smallest absolute Gasteiger partial charge is 0.257 e. The van der Waals surface area contributed by atoms with Crippen molar-refractivity contribution in [3.8, 4) is 0 Å². The van der Waals surface area contributed by atoms with E-state index in [1.807, 2.05) is 31.2 Å². The summed E-state index contributed by atoms with van der Waals surface area (Å²) in [6.45, 7) is 2.02. The summed E-state index contributed by atoms with van der Waals surface area (Å²) in [6, 6.07) is 9.23. The maximum Gasteiger partial charge on any atom is 0.257 e. The van der Waals surface area contributed by atoms with E-state index in [0.717, 1.165) is 22.9 Å². The second kappa shape index (κ2) is 5.13. The number of rotatable bonds is 3. The van der Waals surface area contributed by atoms with Gasteiger partial charge in [-0.1, -0.05) is 19.1 Å². The Hall–Kier alpha value is -2.69. The first kappa shape index (κ1) is 12.3. The molecule has 5 nitrogen and oxygen atoms in total. The van der Waals surface area contributed by atoms with Crippen LogP contribution in [0.4, 0.5) is 5.82 Å². The van der Waals surface area contributed by atoms with Crippen molar-refractivity contribution in [1.82, 2.24) is 15.2 Å². The Morgan fingerprint density at radius 3 is 3.05 bits per heavy atom. The summed E-state index contributed by atoms with van der Waals surface area (Å²) in [5, 5.41) is 10.5. The number of nitrogens with zero attached hydrogens (tertiary/aromatic N) is 2. The monoisotopic (exact) mass is 266 g/mol. The summed E-state index contributed by atoms with van der Waals surface area (Å²) < 4.78 is 0. The van der Waals surface area contributed by atoms with Gasteiger partial charge in [0.25, 0.3) is 5.91 Å². The highest BCUT2D eigenvalue weighted by atomic mass is 16.1. The average Bonchev–Trinajstić information content (AvgIpc) is 2.93. The molecule has 0 aliphatic rings. The van der Waals surface area contributed by atoms with Gasteiger partial charge in [-0.2, -0.15) is 5.10 Å². The van der Waals surface area contributed by atoms with E-state index >= 15 is 0 Å². The van der Waals surface area contributed by atoms with Crippen molar-refractivity contribution in [2.45, 2.75) is 13.3 Å². The first-order valence-electron chi connectivity index (χ1n) is 6.47. The minimum Gasteiger partial charge on any atom is -0.307 e. The van der Waals surface area contributed by atoms with Gasteiger partial charge in [0, 0.05) is 22.7 Å². The highest BCUT2D eigenvalue weighted by Crippen LogP contribution is 2.19. The first-order chi connectivity index (χ1) is 9.79. The molecule has 0 spiro atoms. The molecule has 3 aromatic rings. The Kier molecular flexibility index (Phi) is 3.16. The summed E-state index contributed by atoms with van der Waals surface area (Å²) in [4.78, 5) is 16.7. The number of aryl methyl sites for hydroxylation is 1. The van der Waals surface area contributed by atoms with Crippen molar-refractivity contribution in [3.05, 3.63) is 53.9 Å². The van der Waals surface area contributed by atoms with Crippen LogP contribution in [0, 0.1) is 0 Å². The van der Waals surface area contributed by atoms with Crippen molar-refractivity contribution in [2.24, 2.45) is 0 Å². The van der Waals surface area contributed by atoms with E-state index in [9.17, 15) is 4.79 Å². The lowest BCUT2D eigenvalue weighted by Crippen LogP contribution is -2.13. The van der Waals surface area contributed by atoms with E-state index in [2.05, 4.69) is 20.5 Å². The fourth-order valence-electron chi connectivity index (χ4n) is 2.17. The predicted molar refractivity (Wildman–Crippen MR) is 77.7 cm³/mol. The van der Waals surface area contributed by atoms with Crippen molar-refractivity contribution >= 4 is 22.6 Å². The Morgan fingerprint density at radius 2 is 2.20 bits per heavy atom. The molecule has 0 saturated heterocycles. The van der Waals surface area contributed by atoms with Crippen LogP contribution < -0.4 is 5.32 Å². The SMILES string of the molecule is CCc1cn[nH]c1NC(=O)c1cccc2ncccc12. The zero-order chi connectivity index (χ0) is 13.9. The zero-order valence-corrected chi connectivity index (χ0v) is 11.1. The van der Waals surface area contributed by atoms with E-state index in [1.165, 1.54) is 0 Å². The van der Waals surface area contributed by atoms with Crippen molar-refractivity contribution < 1.29 is 4.79 Å². The van der Waals surface area contributed by atoms with Gasteiger partial charge in [-0.05, 0) is 24.6 Å². The van der Waals surface area contributed by atoms with Gasteiger partial charge < -0.3 is 5.32 Å². The Balaban J connectivity index is 1.97. The Bertz CT molecular complexity index is 758. The molecule has 0 fully saturated rings. The van der Waals surface area contributed by atoms with E-state index in [-0.39, 0.29) is 5.91 Å². The Labute approximate surface area is 116 Å². The molecule has 0 bridgehead atoms. The molecular formula is C15H14N4O. The molecule has 20 heavy (non-hydrogen) atoms. The lowest BCUT2D eigenvalue weighted by atomic mass is 10.1. The van der Waals surface area contributed by atoms with Gasteiger partial charge in [-0.25, -0.2) is 0 Å². The van der Waals surface area contributed by atoms with E-state index in [4.69, 9.17) is 0 Å². The van der Waals surface area contributed by atoms with Gasteiger partial charge in [-0.15, -0.1) is 0 Å². The lowest BCUT2D eigenvalue weighted by Gasteiger charge is -2.07. The number of hydrogen-bond donors (Lipinski definition) is 2. The second-order valence-corrected chi connectivity index (χ2v) is 4.45. The van der Waals surface area contributed by atoms with Crippen LogP contribution in [0.1, 0.15) is 22.8 Å². The molecule has 0 radical (unpaired) electrons. The average molecular weight is 266 g/mol. The summed E-state index contributed by atoms with van der Waals surface area (Å²) in [5.41, 5.74) is 2.39. The fourth-order valence-corrected chi connectivity index (χ4v) is 2.17. The third-order valence-electron chi connectivity index (χ3n) is 3.23. The maximum absolute atomic E-state index is 12.4.